The van der Waals surface area contributed by atoms with Crippen molar-refractivity contribution in [1.29, 1.82) is 0 Å². The van der Waals surface area contributed by atoms with Crippen molar-refractivity contribution in [3.05, 3.63) is 65.2 Å². The number of nitrogens with zero attached hydrogens (tertiary/aromatic N) is 4. The summed E-state index contributed by atoms with van der Waals surface area (Å²) in [4.78, 5) is 45.8. The van der Waals surface area contributed by atoms with Gasteiger partial charge in [-0.25, -0.2) is 9.59 Å². The summed E-state index contributed by atoms with van der Waals surface area (Å²) in [5, 5.41) is 0. The van der Waals surface area contributed by atoms with Crippen LogP contribution >= 0.6 is 0 Å². The topological polar surface area (TPSA) is 82.6 Å². The van der Waals surface area contributed by atoms with Crippen molar-refractivity contribution in [2.24, 2.45) is 0 Å². The van der Waals surface area contributed by atoms with Gasteiger partial charge in [0.25, 0.3) is 5.91 Å². The molecule has 3 aliphatic rings. The quantitative estimate of drug-likeness (QED) is 0.575. The highest BCUT2D eigenvalue weighted by Gasteiger charge is 2.35. The number of amides is 3. The molecule has 9 heteroatoms. The van der Waals surface area contributed by atoms with Crippen LogP contribution < -0.4 is 4.90 Å². The van der Waals surface area contributed by atoms with Gasteiger partial charge in [-0.05, 0) is 57.4 Å². The highest BCUT2D eigenvalue weighted by atomic mass is 16.6. The number of benzene rings is 2. The fraction of sp³-hybridized carbons (Fsp3) is 0.500. The summed E-state index contributed by atoms with van der Waals surface area (Å²) >= 11 is 0. The van der Waals surface area contributed by atoms with E-state index in [0.717, 1.165) is 36.4 Å². The van der Waals surface area contributed by atoms with E-state index in [1.54, 1.807) is 9.80 Å². The van der Waals surface area contributed by atoms with E-state index in [4.69, 9.17) is 9.47 Å². The number of hydrogen-bond donors (Lipinski definition) is 0. The highest BCUT2D eigenvalue weighted by Crippen LogP contribution is 2.32. The van der Waals surface area contributed by atoms with Crippen molar-refractivity contribution in [2.75, 3.05) is 44.2 Å². The average molecular weight is 535 g/mol. The number of carbonyl (C=O) groups is 3. The minimum Gasteiger partial charge on any atom is -0.444 e. The zero-order valence-corrected chi connectivity index (χ0v) is 23.1. The number of ether oxygens (including phenoxy) is 2. The summed E-state index contributed by atoms with van der Waals surface area (Å²) in [6, 6.07) is 15.7. The molecule has 9 nitrogen and oxygen atoms in total. The van der Waals surface area contributed by atoms with E-state index in [1.165, 1.54) is 0 Å². The number of piperidine rings is 1. The van der Waals surface area contributed by atoms with E-state index in [-0.39, 0.29) is 24.1 Å². The zero-order chi connectivity index (χ0) is 27.6. The molecule has 0 radical (unpaired) electrons. The Hall–Kier alpha value is -3.59. The average Bonchev–Trinajstić information content (AvgIpc) is 2.93. The van der Waals surface area contributed by atoms with E-state index in [0.29, 0.717) is 51.2 Å². The summed E-state index contributed by atoms with van der Waals surface area (Å²) < 4.78 is 10.9. The van der Waals surface area contributed by atoms with Gasteiger partial charge in [-0.2, -0.15) is 0 Å². The minimum atomic E-state index is -0.489. The van der Waals surface area contributed by atoms with E-state index in [2.05, 4.69) is 4.90 Å². The molecule has 5 rings (SSSR count). The molecule has 3 heterocycles. The SMILES string of the molecule is CC(C)(C)OC(=O)N1CCN(Cc2ccc(C(=O)N3CCC(N4C(=O)OCc5ccccc54)CC3)cc2)CC1. The van der Waals surface area contributed by atoms with Crippen LogP contribution in [0.4, 0.5) is 15.3 Å². The first-order valence-corrected chi connectivity index (χ1v) is 13.8. The van der Waals surface area contributed by atoms with Crippen LogP contribution in [0, 0.1) is 0 Å². The van der Waals surface area contributed by atoms with Gasteiger partial charge in [0.2, 0.25) is 0 Å². The van der Waals surface area contributed by atoms with Crippen molar-refractivity contribution in [3.8, 4) is 0 Å². The smallest absolute Gasteiger partial charge is 0.414 e. The van der Waals surface area contributed by atoms with Crippen LogP contribution in [0.2, 0.25) is 0 Å². The normalized spacial score (nSPS) is 18.9. The number of hydrogen-bond acceptors (Lipinski definition) is 6. The Morgan fingerprint density at radius 2 is 1.56 bits per heavy atom. The number of cyclic esters (lactones) is 1. The Morgan fingerprint density at radius 1 is 0.897 bits per heavy atom. The molecule has 2 aromatic rings. The molecule has 39 heavy (non-hydrogen) atoms. The molecule has 0 spiro atoms. The molecular formula is C30H38N4O5. The first-order valence-electron chi connectivity index (χ1n) is 13.8. The molecule has 0 aromatic heterocycles. The summed E-state index contributed by atoms with van der Waals surface area (Å²) in [5.74, 6) is 0.0209. The minimum absolute atomic E-state index is 0.0150. The van der Waals surface area contributed by atoms with Crippen LogP contribution in [0.15, 0.2) is 48.5 Å². The molecule has 0 saturated carbocycles. The first kappa shape index (κ1) is 27.0. The Balaban J connectivity index is 1.11. The second kappa shape index (κ2) is 11.3. The van der Waals surface area contributed by atoms with Gasteiger partial charge in [0, 0.05) is 63.0 Å². The standard InChI is InChI=1S/C30H38N4O5/c1-30(2,3)39-28(36)33-18-16-31(17-19-33)20-22-8-10-23(11-9-22)27(35)32-14-12-25(13-15-32)34-26-7-5-4-6-24(26)21-38-29(34)37/h4-11,25H,12-21H2,1-3H3. The van der Waals surface area contributed by atoms with Crippen molar-refractivity contribution in [1.82, 2.24) is 14.7 Å². The molecule has 0 unspecified atom stereocenters. The number of piperazine rings is 1. The van der Waals surface area contributed by atoms with Crippen LogP contribution in [-0.4, -0.2) is 83.7 Å². The maximum atomic E-state index is 13.2. The van der Waals surface area contributed by atoms with Crippen molar-refractivity contribution in [3.63, 3.8) is 0 Å². The number of likely N-dealkylation sites (tertiary alicyclic amines) is 1. The summed E-state index contributed by atoms with van der Waals surface area (Å²) in [6.45, 7) is 10.8. The first-order chi connectivity index (χ1) is 18.7. The zero-order valence-electron chi connectivity index (χ0n) is 23.1. The van der Waals surface area contributed by atoms with E-state index in [1.807, 2.05) is 74.2 Å². The van der Waals surface area contributed by atoms with Gasteiger partial charge in [0.1, 0.15) is 12.2 Å². The Bertz CT molecular complexity index is 1190. The molecule has 3 aliphatic heterocycles. The molecule has 208 valence electrons. The number of para-hydroxylation sites is 1. The molecule has 0 aliphatic carbocycles. The highest BCUT2D eigenvalue weighted by molar-refractivity contribution is 5.94. The van der Waals surface area contributed by atoms with Gasteiger partial charge >= 0.3 is 12.2 Å². The van der Waals surface area contributed by atoms with Gasteiger partial charge in [-0.15, -0.1) is 0 Å². The largest absolute Gasteiger partial charge is 0.444 e. The number of fused-ring (bicyclic) bond motifs is 1. The molecule has 3 amide bonds. The monoisotopic (exact) mass is 534 g/mol. The molecule has 0 bridgehead atoms. The number of anilines is 1. The maximum Gasteiger partial charge on any atom is 0.414 e. The lowest BCUT2D eigenvalue weighted by Crippen LogP contribution is -2.50. The summed E-state index contributed by atoms with van der Waals surface area (Å²) in [5.41, 5.74) is 3.26. The Morgan fingerprint density at radius 3 is 2.23 bits per heavy atom. The number of rotatable bonds is 4. The predicted octanol–water partition coefficient (Wildman–Crippen LogP) is 4.50. The lowest BCUT2D eigenvalue weighted by molar-refractivity contribution is 0.0139. The fourth-order valence-electron chi connectivity index (χ4n) is 5.46. The molecule has 0 atom stereocenters. The third kappa shape index (κ3) is 6.36. The maximum absolute atomic E-state index is 13.2. The van der Waals surface area contributed by atoms with Gasteiger partial charge in [-0.3, -0.25) is 14.6 Å². The summed E-state index contributed by atoms with van der Waals surface area (Å²) in [6.07, 6.45) is 0.862. The fourth-order valence-corrected chi connectivity index (χ4v) is 5.46. The molecule has 2 fully saturated rings. The Kier molecular flexibility index (Phi) is 7.79. The van der Waals surface area contributed by atoms with Crippen molar-refractivity contribution >= 4 is 23.8 Å². The van der Waals surface area contributed by atoms with Crippen molar-refractivity contribution in [2.45, 2.75) is 58.4 Å². The second-order valence-corrected chi connectivity index (χ2v) is 11.5. The van der Waals surface area contributed by atoms with Crippen LogP contribution in [0.25, 0.3) is 0 Å². The van der Waals surface area contributed by atoms with Crippen LogP contribution in [0.1, 0.15) is 55.1 Å². The molecular weight excluding hydrogens is 496 g/mol. The van der Waals surface area contributed by atoms with Crippen LogP contribution in [0.3, 0.4) is 0 Å². The van der Waals surface area contributed by atoms with E-state index in [9.17, 15) is 14.4 Å². The summed E-state index contributed by atoms with van der Waals surface area (Å²) in [7, 11) is 0. The van der Waals surface area contributed by atoms with Gasteiger partial charge in [-0.1, -0.05) is 30.3 Å². The van der Waals surface area contributed by atoms with Crippen molar-refractivity contribution < 1.29 is 23.9 Å². The number of carbonyl (C=O) groups excluding carboxylic acids is 3. The van der Waals surface area contributed by atoms with Gasteiger partial charge in [0.05, 0.1) is 5.69 Å². The Labute approximate surface area is 230 Å². The predicted molar refractivity (Wildman–Crippen MR) is 148 cm³/mol. The van der Waals surface area contributed by atoms with Gasteiger partial charge in [0.15, 0.2) is 0 Å². The third-order valence-electron chi connectivity index (χ3n) is 7.55. The van der Waals surface area contributed by atoms with Gasteiger partial charge < -0.3 is 19.3 Å². The van der Waals surface area contributed by atoms with E-state index >= 15 is 0 Å². The van der Waals surface area contributed by atoms with Crippen LogP contribution in [0.5, 0.6) is 0 Å². The van der Waals surface area contributed by atoms with E-state index < -0.39 is 5.60 Å². The lowest BCUT2D eigenvalue weighted by Gasteiger charge is -2.40. The second-order valence-electron chi connectivity index (χ2n) is 11.5. The third-order valence-corrected chi connectivity index (χ3v) is 7.55. The van der Waals surface area contributed by atoms with Crippen LogP contribution in [-0.2, 0) is 22.6 Å². The molecule has 0 N–H and O–H groups in total. The lowest BCUT2D eigenvalue weighted by atomic mass is 10.00. The molecule has 2 saturated heterocycles. The molecule has 2 aromatic carbocycles.